The van der Waals surface area contributed by atoms with Crippen LogP contribution in [-0.4, -0.2) is 30.4 Å². The largest absolute Gasteiger partial charge is 0.302 e. The lowest BCUT2D eigenvalue weighted by Gasteiger charge is -2.14. The van der Waals surface area contributed by atoms with E-state index < -0.39 is 0 Å². The molecule has 0 N–H and O–H groups in total. The average Bonchev–Trinajstić information content (AvgIpc) is 1.83. The SMILES string of the molecule is Cl.[CH2]CN(CC)CCCl. The first-order valence-corrected chi connectivity index (χ1v) is 3.46. The number of halogens is 2. The molecule has 57 valence electrons. The molecule has 0 heterocycles. The molecule has 0 fully saturated rings. The van der Waals surface area contributed by atoms with Crippen molar-refractivity contribution in [3.05, 3.63) is 6.92 Å². The van der Waals surface area contributed by atoms with Gasteiger partial charge in [-0.25, -0.2) is 0 Å². The van der Waals surface area contributed by atoms with Gasteiger partial charge in [-0.3, -0.25) is 0 Å². The van der Waals surface area contributed by atoms with Gasteiger partial charge in [0.05, 0.1) is 0 Å². The Bertz CT molecular complexity index is 46.3. The van der Waals surface area contributed by atoms with E-state index in [1.165, 1.54) is 0 Å². The molecule has 0 aromatic carbocycles. The summed E-state index contributed by atoms with van der Waals surface area (Å²) in [5.74, 6) is 0.712. The Hall–Kier alpha value is 0.540. The van der Waals surface area contributed by atoms with Crippen molar-refractivity contribution in [2.24, 2.45) is 0 Å². The first-order chi connectivity index (χ1) is 3.85. The van der Waals surface area contributed by atoms with E-state index in [0.29, 0.717) is 5.88 Å². The van der Waals surface area contributed by atoms with Crippen LogP contribution in [0, 0.1) is 6.92 Å². The Kier molecular flexibility index (Phi) is 11.6. The summed E-state index contributed by atoms with van der Waals surface area (Å²) in [7, 11) is 0. The fourth-order valence-electron chi connectivity index (χ4n) is 0.548. The summed E-state index contributed by atoms with van der Waals surface area (Å²) in [4.78, 5) is 2.19. The Balaban J connectivity index is 0. The van der Waals surface area contributed by atoms with E-state index in [1.807, 2.05) is 0 Å². The monoisotopic (exact) mass is 170 g/mol. The van der Waals surface area contributed by atoms with Gasteiger partial charge >= 0.3 is 0 Å². The number of hydrogen-bond donors (Lipinski definition) is 0. The Morgan fingerprint density at radius 3 is 2.22 bits per heavy atom. The summed E-state index contributed by atoms with van der Waals surface area (Å²) < 4.78 is 0. The van der Waals surface area contributed by atoms with Crippen LogP contribution in [0.25, 0.3) is 0 Å². The third-order valence-electron chi connectivity index (χ3n) is 1.16. The second-order valence-electron chi connectivity index (χ2n) is 1.62. The van der Waals surface area contributed by atoms with E-state index in [0.717, 1.165) is 19.6 Å². The highest BCUT2D eigenvalue weighted by molar-refractivity contribution is 6.18. The number of rotatable bonds is 4. The molecule has 0 saturated carbocycles. The maximum absolute atomic E-state index is 5.48. The van der Waals surface area contributed by atoms with Crippen molar-refractivity contribution >= 4 is 24.0 Å². The number of hydrogen-bond acceptors (Lipinski definition) is 1. The second kappa shape index (κ2) is 8.54. The van der Waals surface area contributed by atoms with Gasteiger partial charge in [0.2, 0.25) is 0 Å². The first kappa shape index (κ1) is 12.2. The summed E-state index contributed by atoms with van der Waals surface area (Å²) in [5.41, 5.74) is 0. The lowest BCUT2D eigenvalue weighted by molar-refractivity contribution is 0.338. The maximum atomic E-state index is 5.48. The normalized spacial score (nSPS) is 9.33. The van der Waals surface area contributed by atoms with E-state index in [-0.39, 0.29) is 12.4 Å². The van der Waals surface area contributed by atoms with Crippen LogP contribution in [-0.2, 0) is 0 Å². The minimum Gasteiger partial charge on any atom is -0.302 e. The molecule has 0 atom stereocenters. The molecular formula is C6H14Cl2N. The van der Waals surface area contributed by atoms with Crippen molar-refractivity contribution in [3.8, 4) is 0 Å². The van der Waals surface area contributed by atoms with Crippen LogP contribution < -0.4 is 0 Å². The van der Waals surface area contributed by atoms with Crippen molar-refractivity contribution < 1.29 is 0 Å². The molecule has 0 aromatic heterocycles. The van der Waals surface area contributed by atoms with Gasteiger partial charge in [0.15, 0.2) is 0 Å². The van der Waals surface area contributed by atoms with Gasteiger partial charge in [0.1, 0.15) is 0 Å². The number of alkyl halides is 1. The Morgan fingerprint density at radius 1 is 1.56 bits per heavy atom. The van der Waals surface area contributed by atoms with Crippen molar-refractivity contribution in [3.63, 3.8) is 0 Å². The Morgan fingerprint density at radius 2 is 2.11 bits per heavy atom. The third kappa shape index (κ3) is 6.42. The van der Waals surface area contributed by atoms with Crippen LogP contribution in [0.2, 0.25) is 0 Å². The highest BCUT2D eigenvalue weighted by Gasteiger charge is 1.93. The zero-order valence-corrected chi connectivity index (χ0v) is 7.34. The van der Waals surface area contributed by atoms with Crippen LogP contribution in [0.15, 0.2) is 0 Å². The summed E-state index contributed by atoms with van der Waals surface area (Å²) >= 11 is 5.48. The van der Waals surface area contributed by atoms with Gasteiger partial charge in [-0.15, -0.1) is 24.0 Å². The minimum absolute atomic E-state index is 0. The average molecular weight is 171 g/mol. The van der Waals surface area contributed by atoms with Crippen LogP contribution >= 0.6 is 24.0 Å². The molecule has 0 spiro atoms. The Labute approximate surface area is 68.8 Å². The zero-order valence-electron chi connectivity index (χ0n) is 5.77. The smallest absolute Gasteiger partial charge is 0.0351 e. The van der Waals surface area contributed by atoms with Gasteiger partial charge in [-0.2, -0.15) is 0 Å². The number of nitrogens with zero attached hydrogens (tertiary/aromatic N) is 1. The van der Waals surface area contributed by atoms with Crippen LogP contribution in [0.1, 0.15) is 6.92 Å². The fourth-order valence-corrected chi connectivity index (χ4v) is 0.787. The predicted molar refractivity (Wildman–Crippen MR) is 45.4 cm³/mol. The molecule has 1 nitrogen and oxygen atoms in total. The van der Waals surface area contributed by atoms with Gasteiger partial charge in [-0.05, 0) is 20.0 Å². The van der Waals surface area contributed by atoms with Crippen molar-refractivity contribution in [2.75, 3.05) is 25.5 Å². The van der Waals surface area contributed by atoms with E-state index in [2.05, 4.69) is 18.7 Å². The molecule has 1 radical (unpaired) electrons. The minimum atomic E-state index is 0. The van der Waals surface area contributed by atoms with Crippen molar-refractivity contribution in [1.82, 2.24) is 4.90 Å². The van der Waals surface area contributed by atoms with E-state index in [4.69, 9.17) is 11.6 Å². The summed E-state index contributed by atoms with van der Waals surface area (Å²) in [6.45, 7) is 8.73. The quantitative estimate of drug-likeness (QED) is 0.583. The van der Waals surface area contributed by atoms with E-state index in [1.54, 1.807) is 0 Å². The summed E-state index contributed by atoms with van der Waals surface area (Å²) in [6.07, 6.45) is 0. The van der Waals surface area contributed by atoms with E-state index >= 15 is 0 Å². The molecule has 0 aliphatic heterocycles. The summed E-state index contributed by atoms with van der Waals surface area (Å²) in [6, 6.07) is 0. The molecule has 0 unspecified atom stereocenters. The molecular weight excluding hydrogens is 157 g/mol. The van der Waals surface area contributed by atoms with Gasteiger partial charge in [-0.1, -0.05) is 6.92 Å². The van der Waals surface area contributed by atoms with E-state index in [9.17, 15) is 0 Å². The van der Waals surface area contributed by atoms with Crippen molar-refractivity contribution in [1.29, 1.82) is 0 Å². The molecule has 0 rings (SSSR count). The second-order valence-corrected chi connectivity index (χ2v) is 2.00. The molecule has 0 aliphatic rings. The van der Waals surface area contributed by atoms with Crippen molar-refractivity contribution in [2.45, 2.75) is 6.92 Å². The molecule has 0 aromatic rings. The van der Waals surface area contributed by atoms with Gasteiger partial charge in [0.25, 0.3) is 0 Å². The highest BCUT2D eigenvalue weighted by atomic mass is 35.5. The van der Waals surface area contributed by atoms with Crippen LogP contribution in [0.4, 0.5) is 0 Å². The molecule has 0 bridgehead atoms. The molecule has 9 heavy (non-hydrogen) atoms. The molecule has 0 amide bonds. The molecule has 0 aliphatic carbocycles. The topological polar surface area (TPSA) is 3.24 Å². The zero-order chi connectivity index (χ0) is 6.41. The van der Waals surface area contributed by atoms with Crippen LogP contribution in [0.3, 0.4) is 0 Å². The lowest BCUT2D eigenvalue weighted by atomic mass is 10.5. The van der Waals surface area contributed by atoms with Gasteiger partial charge in [0, 0.05) is 12.4 Å². The molecule has 0 saturated heterocycles. The lowest BCUT2D eigenvalue weighted by Crippen LogP contribution is -2.24. The summed E-state index contributed by atoms with van der Waals surface area (Å²) in [5, 5.41) is 0. The van der Waals surface area contributed by atoms with Crippen LogP contribution in [0.5, 0.6) is 0 Å². The van der Waals surface area contributed by atoms with Gasteiger partial charge < -0.3 is 4.90 Å². The highest BCUT2D eigenvalue weighted by Crippen LogP contribution is 1.86. The maximum Gasteiger partial charge on any atom is 0.0351 e. The first-order valence-electron chi connectivity index (χ1n) is 2.92. The predicted octanol–water partition coefficient (Wildman–Crippen LogP) is 1.80. The fraction of sp³-hybridized carbons (Fsp3) is 0.833. The molecule has 3 heteroatoms. The standard InChI is InChI=1S/C6H13ClN.ClH/c1-3-8(4-2)6-5-7;/h1,3-6H2,2H3;1H. The third-order valence-corrected chi connectivity index (χ3v) is 1.33.